The predicted molar refractivity (Wildman–Crippen MR) is 54.5 cm³/mol. The Morgan fingerprint density at radius 2 is 2.31 bits per heavy atom. The summed E-state index contributed by atoms with van der Waals surface area (Å²) in [5.74, 6) is 0. The summed E-state index contributed by atoms with van der Waals surface area (Å²) in [7, 11) is 0. The minimum absolute atomic E-state index is 0.638. The van der Waals surface area contributed by atoms with Crippen molar-refractivity contribution in [2.45, 2.75) is 11.9 Å². The Labute approximate surface area is 85.1 Å². The van der Waals surface area contributed by atoms with E-state index in [2.05, 4.69) is 10.1 Å². The predicted octanol–water partition coefficient (Wildman–Crippen LogP) is 2.41. The molecule has 5 heteroatoms. The van der Waals surface area contributed by atoms with E-state index in [1.807, 2.05) is 19.2 Å². The average molecular weight is 214 g/mol. The zero-order valence-electron chi connectivity index (χ0n) is 7.28. The highest BCUT2D eigenvalue weighted by atomic mass is 35.5. The van der Waals surface area contributed by atoms with Gasteiger partial charge in [-0.25, -0.2) is 9.50 Å². The van der Waals surface area contributed by atoms with Gasteiger partial charge in [0, 0.05) is 11.6 Å². The number of thioether (sulfide) groups is 1. The van der Waals surface area contributed by atoms with Crippen LogP contribution in [0.5, 0.6) is 0 Å². The normalized spacial score (nSPS) is 11.0. The van der Waals surface area contributed by atoms with Crippen molar-refractivity contribution in [3.05, 3.63) is 23.0 Å². The van der Waals surface area contributed by atoms with Crippen molar-refractivity contribution in [1.29, 1.82) is 0 Å². The van der Waals surface area contributed by atoms with Crippen LogP contribution in [0, 0.1) is 6.92 Å². The van der Waals surface area contributed by atoms with Crippen LogP contribution in [0.15, 0.2) is 17.3 Å². The number of halogens is 1. The summed E-state index contributed by atoms with van der Waals surface area (Å²) in [5.41, 5.74) is 1.77. The number of hydrogen-bond acceptors (Lipinski definition) is 3. The van der Waals surface area contributed by atoms with Crippen LogP contribution in [0.3, 0.4) is 0 Å². The Hall–Kier alpha value is -0.740. The molecule has 2 heterocycles. The molecule has 3 nitrogen and oxygen atoms in total. The monoisotopic (exact) mass is 213 g/mol. The van der Waals surface area contributed by atoms with Crippen LogP contribution >= 0.6 is 23.4 Å². The molecular formula is C8H8ClN3S. The molecule has 0 unspecified atom stereocenters. The van der Waals surface area contributed by atoms with E-state index in [4.69, 9.17) is 11.6 Å². The summed E-state index contributed by atoms with van der Waals surface area (Å²) in [6, 6.07) is 1.84. The topological polar surface area (TPSA) is 30.2 Å². The summed E-state index contributed by atoms with van der Waals surface area (Å²) in [5, 5.41) is 5.66. The lowest BCUT2D eigenvalue weighted by molar-refractivity contribution is 0.897. The van der Waals surface area contributed by atoms with Gasteiger partial charge in [0.2, 0.25) is 0 Å². The second kappa shape index (κ2) is 3.20. The molecule has 68 valence electrons. The van der Waals surface area contributed by atoms with Gasteiger partial charge in [0.25, 0.3) is 0 Å². The third-order valence-corrected chi connectivity index (χ3v) is 3.08. The number of hydrogen-bond donors (Lipinski definition) is 0. The molecule has 0 spiro atoms. The van der Waals surface area contributed by atoms with Gasteiger partial charge >= 0.3 is 0 Å². The molecule has 0 aliphatic heterocycles. The number of rotatable bonds is 1. The minimum Gasteiger partial charge on any atom is -0.222 e. The van der Waals surface area contributed by atoms with E-state index >= 15 is 0 Å². The molecule has 2 aromatic heterocycles. The zero-order chi connectivity index (χ0) is 9.42. The molecule has 2 aromatic rings. The lowest BCUT2D eigenvalue weighted by Gasteiger charge is -2.05. The minimum atomic E-state index is 0.638. The molecule has 2 rings (SSSR count). The third kappa shape index (κ3) is 1.30. The van der Waals surface area contributed by atoms with Gasteiger partial charge in [-0.1, -0.05) is 11.6 Å². The Bertz CT molecular complexity index is 452. The fourth-order valence-electron chi connectivity index (χ4n) is 1.17. The number of aromatic nitrogens is 3. The molecule has 0 radical (unpaired) electrons. The van der Waals surface area contributed by atoms with Crippen LogP contribution in [0.1, 0.15) is 5.56 Å². The smallest absolute Gasteiger partial charge is 0.157 e. The van der Waals surface area contributed by atoms with Crippen molar-refractivity contribution in [3.8, 4) is 0 Å². The average Bonchev–Trinajstić information content (AvgIpc) is 2.59. The standard InChI is InChI=1S/C8H8ClN3S/c1-5-7(9)12-6(3-4-10-12)11-8(5)13-2/h3-4H,1-2H3. The fourth-order valence-corrected chi connectivity index (χ4v) is 2.03. The molecule has 0 aliphatic carbocycles. The highest BCUT2D eigenvalue weighted by Gasteiger charge is 2.08. The van der Waals surface area contributed by atoms with Crippen molar-refractivity contribution < 1.29 is 0 Å². The van der Waals surface area contributed by atoms with Crippen LogP contribution in [-0.4, -0.2) is 20.9 Å². The quantitative estimate of drug-likeness (QED) is 0.538. The van der Waals surface area contributed by atoms with Crippen LogP contribution in [0.2, 0.25) is 5.15 Å². The largest absolute Gasteiger partial charge is 0.222 e. The van der Waals surface area contributed by atoms with Crippen molar-refractivity contribution in [2.24, 2.45) is 0 Å². The van der Waals surface area contributed by atoms with Gasteiger partial charge in [0.1, 0.15) is 10.2 Å². The highest BCUT2D eigenvalue weighted by Crippen LogP contribution is 2.24. The van der Waals surface area contributed by atoms with Gasteiger partial charge in [-0.2, -0.15) is 5.10 Å². The van der Waals surface area contributed by atoms with E-state index < -0.39 is 0 Å². The van der Waals surface area contributed by atoms with Gasteiger partial charge in [-0.15, -0.1) is 11.8 Å². The van der Waals surface area contributed by atoms with Gasteiger partial charge in [0.05, 0.1) is 6.20 Å². The van der Waals surface area contributed by atoms with Gasteiger partial charge < -0.3 is 0 Å². The maximum absolute atomic E-state index is 6.10. The van der Waals surface area contributed by atoms with Gasteiger partial charge in [-0.05, 0) is 13.2 Å². The Balaban J connectivity index is 2.83. The Morgan fingerprint density at radius 3 is 3.00 bits per heavy atom. The van der Waals surface area contributed by atoms with Gasteiger partial charge in [0.15, 0.2) is 5.65 Å². The molecule has 0 N–H and O–H groups in total. The van der Waals surface area contributed by atoms with Crippen LogP contribution in [0.4, 0.5) is 0 Å². The van der Waals surface area contributed by atoms with E-state index in [1.54, 1.807) is 22.5 Å². The maximum Gasteiger partial charge on any atom is 0.157 e. The summed E-state index contributed by atoms with van der Waals surface area (Å²) in [6.45, 7) is 1.95. The van der Waals surface area contributed by atoms with E-state index in [0.717, 1.165) is 16.2 Å². The Kier molecular flexibility index (Phi) is 2.17. The molecule has 0 saturated carbocycles. The van der Waals surface area contributed by atoms with E-state index in [-0.39, 0.29) is 0 Å². The molecule has 13 heavy (non-hydrogen) atoms. The van der Waals surface area contributed by atoms with E-state index in [0.29, 0.717) is 5.15 Å². The first kappa shape index (κ1) is 8.84. The maximum atomic E-state index is 6.10. The molecule has 0 aromatic carbocycles. The molecule has 0 amide bonds. The first-order valence-electron chi connectivity index (χ1n) is 3.78. The molecule has 0 aliphatic rings. The molecule has 0 fully saturated rings. The van der Waals surface area contributed by atoms with Crippen LogP contribution in [0.25, 0.3) is 5.65 Å². The van der Waals surface area contributed by atoms with E-state index in [1.165, 1.54) is 0 Å². The third-order valence-electron chi connectivity index (χ3n) is 1.85. The van der Waals surface area contributed by atoms with Crippen LogP contribution in [-0.2, 0) is 0 Å². The second-order valence-corrected chi connectivity index (χ2v) is 3.79. The SMILES string of the molecule is CSc1nc2ccnn2c(Cl)c1C. The zero-order valence-corrected chi connectivity index (χ0v) is 8.85. The number of nitrogens with zero attached hydrogens (tertiary/aromatic N) is 3. The summed E-state index contributed by atoms with van der Waals surface area (Å²) in [4.78, 5) is 4.39. The van der Waals surface area contributed by atoms with Crippen molar-refractivity contribution in [3.63, 3.8) is 0 Å². The molecule has 0 saturated heterocycles. The fraction of sp³-hybridized carbons (Fsp3) is 0.250. The summed E-state index contributed by atoms with van der Waals surface area (Å²) in [6.07, 6.45) is 3.68. The van der Waals surface area contributed by atoms with Crippen molar-refractivity contribution in [2.75, 3.05) is 6.26 Å². The second-order valence-electron chi connectivity index (χ2n) is 2.64. The van der Waals surface area contributed by atoms with Gasteiger partial charge in [-0.3, -0.25) is 0 Å². The van der Waals surface area contributed by atoms with Crippen molar-refractivity contribution in [1.82, 2.24) is 14.6 Å². The Morgan fingerprint density at radius 1 is 1.54 bits per heavy atom. The van der Waals surface area contributed by atoms with E-state index in [9.17, 15) is 0 Å². The first-order valence-corrected chi connectivity index (χ1v) is 5.38. The molecule has 0 atom stereocenters. The summed E-state index contributed by atoms with van der Waals surface area (Å²) >= 11 is 7.69. The summed E-state index contributed by atoms with van der Waals surface area (Å²) < 4.78 is 1.64. The molecular weight excluding hydrogens is 206 g/mol. The lowest BCUT2D eigenvalue weighted by atomic mass is 10.4. The van der Waals surface area contributed by atoms with Crippen molar-refractivity contribution >= 4 is 29.0 Å². The van der Waals surface area contributed by atoms with Crippen LogP contribution < -0.4 is 0 Å². The highest BCUT2D eigenvalue weighted by molar-refractivity contribution is 7.98. The molecule has 0 bridgehead atoms. The lowest BCUT2D eigenvalue weighted by Crippen LogP contribution is -1.97. The number of fused-ring (bicyclic) bond motifs is 1. The first-order chi connectivity index (χ1) is 6.24.